The van der Waals surface area contributed by atoms with E-state index in [0.29, 0.717) is 31.5 Å². The summed E-state index contributed by atoms with van der Waals surface area (Å²) in [6.07, 6.45) is 5.08. The van der Waals surface area contributed by atoms with Crippen LogP contribution in [0.4, 0.5) is 14.5 Å². The van der Waals surface area contributed by atoms with Crippen LogP contribution < -0.4 is 10.6 Å². The van der Waals surface area contributed by atoms with Crippen molar-refractivity contribution in [3.8, 4) is 0 Å². The van der Waals surface area contributed by atoms with Gasteiger partial charge in [-0.15, -0.1) is 0 Å². The molecule has 1 aliphatic heterocycles. The number of allylic oxidation sites excluding steroid dienone is 3. The van der Waals surface area contributed by atoms with Crippen molar-refractivity contribution in [2.45, 2.75) is 44.3 Å². The number of carboxylic acid groups (broad SMARTS) is 1. The van der Waals surface area contributed by atoms with E-state index in [1.807, 2.05) is 4.90 Å². The van der Waals surface area contributed by atoms with Gasteiger partial charge in [0.05, 0.1) is 10.7 Å². The first kappa shape index (κ1) is 20.6. The molecule has 31 heavy (non-hydrogen) atoms. The van der Waals surface area contributed by atoms with Crippen molar-refractivity contribution >= 4 is 29.0 Å². The molecule has 1 heterocycles. The number of anilines is 1. The molecule has 0 bridgehead atoms. The predicted molar refractivity (Wildman–Crippen MR) is 113 cm³/mol. The molecule has 8 heteroatoms. The van der Waals surface area contributed by atoms with Crippen LogP contribution in [0.25, 0.3) is 0 Å². The smallest absolute Gasteiger partial charge is 0.339 e. The van der Waals surface area contributed by atoms with Crippen LogP contribution in [0.3, 0.4) is 0 Å². The SMILES string of the molecule is N[C@@H]1CN(c2c(F)cc3c(c2Cl)CC(C[C@@H]2C[C@@H]2F)=CC=C(C(=O)O)C3=O)CC12CC2. The van der Waals surface area contributed by atoms with Gasteiger partial charge in [0.25, 0.3) is 0 Å². The molecule has 3 atom stereocenters. The Labute approximate surface area is 183 Å². The molecule has 3 N–H and O–H groups in total. The van der Waals surface area contributed by atoms with Gasteiger partial charge in [0, 0.05) is 30.1 Å². The van der Waals surface area contributed by atoms with Crippen LogP contribution in [0, 0.1) is 17.2 Å². The topological polar surface area (TPSA) is 83.6 Å². The Kier molecular flexibility index (Phi) is 4.75. The Balaban J connectivity index is 1.59. The van der Waals surface area contributed by atoms with Crippen molar-refractivity contribution < 1.29 is 23.5 Å². The van der Waals surface area contributed by atoms with Crippen LogP contribution in [0.15, 0.2) is 29.4 Å². The van der Waals surface area contributed by atoms with E-state index in [-0.39, 0.29) is 40.1 Å². The first-order chi connectivity index (χ1) is 14.7. The number of benzene rings is 1. The van der Waals surface area contributed by atoms with Crippen molar-refractivity contribution in [3.63, 3.8) is 0 Å². The number of alkyl halides is 1. The van der Waals surface area contributed by atoms with Gasteiger partial charge >= 0.3 is 5.97 Å². The number of aliphatic carboxylic acids is 1. The number of nitrogens with zero attached hydrogens (tertiary/aromatic N) is 1. The van der Waals surface area contributed by atoms with Crippen LogP contribution in [-0.2, 0) is 11.2 Å². The fourth-order valence-electron chi connectivity index (χ4n) is 4.94. The molecule has 1 saturated heterocycles. The second-order valence-electron chi connectivity index (χ2n) is 9.33. The van der Waals surface area contributed by atoms with E-state index in [4.69, 9.17) is 17.3 Å². The lowest BCUT2D eigenvalue weighted by Gasteiger charge is -2.25. The van der Waals surface area contributed by atoms with Gasteiger partial charge in [-0.2, -0.15) is 0 Å². The zero-order valence-electron chi connectivity index (χ0n) is 16.8. The lowest BCUT2D eigenvalue weighted by Crippen LogP contribution is -2.30. The average Bonchev–Trinajstić information content (AvgIpc) is 3.58. The number of carbonyl (C=O) groups is 2. The molecular formula is C23H23ClF2N2O3. The lowest BCUT2D eigenvalue weighted by atomic mass is 9.88. The number of halogens is 3. The largest absolute Gasteiger partial charge is 0.478 e. The zero-order chi connectivity index (χ0) is 22.1. The molecule has 3 fully saturated rings. The summed E-state index contributed by atoms with van der Waals surface area (Å²) in [6.45, 7) is 1.07. The maximum absolute atomic E-state index is 15.2. The Bertz CT molecular complexity index is 1060. The number of fused-ring (bicyclic) bond motifs is 1. The highest BCUT2D eigenvalue weighted by atomic mass is 35.5. The monoisotopic (exact) mass is 448 g/mol. The van der Waals surface area contributed by atoms with Gasteiger partial charge in [0.15, 0.2) is 0 Å². The minimum atomic E-state index is -1.40. The molecule has 2 saturated carbocycles. The highest BCUT2D eigenvalue weighted by Gasteiger charge is 2.54. The van der Waals surface area contributed by atoms with E-state index in [1.54, 1.807) is 6.08 Å². The van der Waals surface area contributed by atoms with Crippen LogP contribution in [0.2, 0.25) is 5.02 Å². The number of carbonyl (C=O) groups excluding carboxylic acids is 1. The third-order valence-electron chi connectivity index (χ3n) is 7.18. The number of ketones is 1. The maximum Gasteiger partial charge on any atom is 0.339 e. The summed E-state index contributed by atoms with van der Waals surface area (Å²) in [5, 5.41) is 9.62. The van der Waals surface area contributed by atoms with Gasteiger partial charge in [0.2, 0.25) is 5.78 Å². The van der Waals surface area contributed by atoms with Crippen molar-refractivity contribution in [3.05, 3.63) is 51.3 Å². The van der Waals surface area contributed by atoms with Crippen LogP contribution in [0.5, 0.6) is 0 Å². The first-order valence-electron chi connectivity index (χ1n) is 10.5. The highest BCUT2D eigenvalue weighted by molar-refractivity contribution is 6.35. The van der Waals surface area contributed by atoms with Gasteiger partial charge in [-0.25, -0.2) is 13.6 Å². The fraction of sp³-hybridized carbons (Fsp3) is 0.478. The fourth-order valence-corrected chi connectivity index (χ4v) is 5.32. The van der Waals surface area contributed by atoms with E-state index in [0.717, 1.165) is 24.5 Å². The van der Waals surface area contributed by atoms with Crippen molar-refractivity contribution in [1.82, 2.24) is 0 Å². The third kappa shape index (κ3) is 3.48. The summed E-state index contributed by atoms with van der Waals surface area (Å²) in [4.78, 5) is 26.4. The minimum Gasteiger partial charge on any atom is -0.478 e. The zero-order valence-corrected chi connectivity index (χ0v) is 17.6. The summed E-state index contributed by atoms with van der Waals surface area (Å²) >= 11 is 6.69. The summed E-state index contributed by atoms with van der Waals surface area (Å²) in [6, 6.07) is 1.02. The van der Waals surface area contributed by atoms with E-state index in [9.17, 15) is 19.1 Å². The number of Topliss-reactive ketones (excluding diaryl/α,β-unsaturated/α-hetero) is 1. The normalized spacial score (nSPS) is 28.6. The molecule has 164 valence electrons. The predicted octanol–water partition coefficient (Wildman–Crippen LogP) is 3.83. The van der Waals surface area contributed by atoms with Crippen LogP contribution in [0.1, 0.15) is 41.6 Å². The summed E-state index contributed by atoms with van der Waals surface area (Å²) in [5.74, 6) is -2.96. The number of carboxylic acids is 1. The second-order valence-corrected chi connectivity index (χ2v) is 9.71. The second kappa shape index (κ2) is 7.14. The molecule has 3 aliphatic carbocycles. The molecule has 0 unspecified atom stereocenters. The molecule has 1 aromatic carbocycles. The number of nitrogens with two attached hydrogens (primary N) is 1. The van der Waals surface area contributed by atoms with E-state index >= 15 is 4.39 Å². The molecule has 1 spiro atoms. The van der Waals surface area contributed by atoms with Crippen LogP contribution >= 0.6 is 11.6 Å². The Morgan fingerprint density at radius 3 is 2.65 bits per heavy atom. The number of hydrogen-bond donors (Lipinski definition) is 2. The Hall–Kier alpha value is -2.25. The lowest BCUT2D eigenvalue weighted by molar-refractivity contribution is -0.132. The summed E-state index contributed by atoms with van der Waals surface area (Å²) < 4.78 is 28.7. The Morgan fingerprint density at radius 2 is 2.06 bits per heavy atom. The van der Waals surface area contributed by atoms with E-state index < -0.39 is 29.3 Å². The maximum atomic E-state index is 15.2. The van der Waals surface area contributed by atoms with Gasteiger partial charge in [0.1, 0.15) is 17.6 Å². The van der Waals surface area contributed by atoms with Gasteiger partial charge in [-0.05, 0) is 55.7 Å². The van der Waals surface area contributed by atoms with Crippen molar-refractivity contribution in [1.29, 1.82) is 0 Å². The molecular weight excluding hydrogens is 426 g/mol. The van der Waals surface area contributed by atoms with Crippen molar-refractivity contribution in [2.75, 3.05) is 18.0 Å². The number of rotatable bonds is 4. The minimum absolute atomic E-state index is 0.00223. The highest BCUT2D eigenvalue weighted by Crippen LogP contribution is 2.54. The van der Waals surface area contributed by atoms with Crippen LogP contribution in [-0.4, -0.2) is 42.2 Å². The molecule has 5 rings (SSSR count). The van der Waals surface area contributed by atoms with E-state index in [2.05, 4.69) is 0 Å². The summed E-state index contributed by atoms with van der Waals surface area (Å²) in [7, 11) is 0. The first-order valence-corrected chi connectivity index (χ1v) is 10.9. The molecule has 0 aromatic heterocycles. The third-order valence-corrected chi connectivity index (χ3v) is 7.59. The molecule has 1 aromatic rings. The Morgan fingerprint density at radius 1 is 1.35 bits per heavy atom. The van der Waals surface area contributed by atoms with Gasteiger partial charge in [-0.1, -0.05) is 23.3 Å². The molecule has 0 radical (unpaired) electrons. The number of hydrogen-bond acceptors (Lipinski definition) is 4. The average molecular weight is 449 g/mol. The standard InChI is InChI=1S/C23H23ClF2N2O3/c24-19-14-6-11(5-12-7-16(12)25)1-2-13(22(30)31)21(29)15(14)8-17(26)20(19)28-9-18(27)23(10-28)3-4-23/h1-2,8,12,16,18H,3-7,9-10,27H2,(H,30,31)/t12-,16+,18-/m1/s1. The summed E-state index contributed by atoms with van der Waals surface area (Å²) in [5.41, 5.74) is 7.14. The van der Waals surface area contributed by atoms with Gasteiger partial charge in [-0.3, -0.25) is 4.79 Å². The molecule has 0 amide bonds. The van der Waals surface area contributed by atoms with Crippen molar-refractivity contribution in [2.24, 2.45) is 17.1 Å². The molecule has 4 aliphatic rings. The van der Waals surface area contributed by atoms with E-state index in [1.165, 1.54) is 6.08 Å². The molecule has 5 nitrogen and oxygen atoms in total. The quantitative estimate of drug-likeness (QED) is 0.684. The van der Waals surface area contributed by atoms with Gasteiger partial charge < -0.3 is 15.7 Å².